The number of hydrogen-bond acceptors (Lipinski definition) is 15. The van der Waals surface area contributed by atoms with Crippen molar-refractivity contribution < 1.29 is 248 Å². The van der Waals surface area contributed by atoms with Gasteiger partial charge in [-0.1, -0.05) is 0 Å². The molecule has 0 aromatic rings. The molecule has 0 aliphatic carbocycles. The number of nitrogens with zero attached hydrogens (tertiary/aromatic N) is 1. The minimum absolute atomic E-state index is 0. The Morgan fingerprint density at radius 3 is 1.19 bits per heavy atom. The summed E-state index contributed by atoms with van der Waals surface area (Å²) in [6.07, 6.45) is 0. The van der Waals surface area contributed by atoms with Gasteiger partial charge in [0, 0.05) is 7.05 Å². The van der Waals surface area contributed by atoms with Gasteiger partial charge in [0.1, 0.15) is 6.54 Å². The van der Waals surface area contributed by atoms with Gasteiger partial charge in [0.2, 0.25) is 0 Å². The standard InChI is InChI=1S/C4H9N3O2.6Na.H6O13P4/c1-7(4(5)6)2-3(8)9;;;;;;;1-14(2,3)11-16(7,8)13-17(9,10)12-15(4,5)6/h2H2,1H3,(H3,5,6)(H,8,9);;;;;;;(H,7,8)(H,9,10)(H2,1,2,3)(H2,4,5,6)/q;6*+1;/p-6. The average molecular weight is 601 g/mol. The Labute approximate surface area is 314 Å². The molecule has 28 heteroatoms. The zero-order valence-electron chi connectivity index (χ0n) is 18.2. The summed E-state index contributed by atoms with van der Waals surface area (Å²) in [4.78, 5) is 71.1. The zero-order chi connectivity index (χ0) is 21.6. The molecule has 2 unspecified atom stereocenters. The summed E-state index contributed by atoms with van der Waals surface area (Å²) >= 11 is 0. The smallest absolute Gasteiger partial charge is 0.790 e. The quantitative estimate of drug-likeness (QED) is 0.101. The molecule has 0 radical (unpaired) electrons. The molecule has 32 heavy (non-hydrogen) atoms. The van der Waals surface area contributed by atoms with E-state index in [1.807, 2.05) is 0 Å². The predicted molar refractivity (Wildman–Crippen MR) is 65.9 cm³/mol. The van der Waals surface area contributed by atoms with Gasteiger partial charge in [-0.3, -0.25) is 28.0 Å². The summed E-state index contributed by atoms with van der Waals surface area (Å²) in [5.74, 6) is -1.23. The van der Waals surface area contributed by atoms with Crippen molar-refractivity contribution in [2.45, 2.75) is 0 Å². The van der Waals surface area contributed by atoms with E-state index in [4.69, 9.17) is 16.2 Å². The van der Waals surface area contributed by atoms with Crippen LogP contribution in [0.5, 0.6) is 0 Å². The maximum Gasteiger partial charge on any atom is 1.00 e. The molecular formula is C4H9N3Na6O15P4. The Bertz CT molecular complexity index is 673. The fourth-order valence-electron chi connectivity index (χ4n) is 0.685. The van der Waals surface area contributed by atoms with Crippen LogP contribution in [0.25, 0.3) is 0 Å². The maximum absolute atomic E-state index is 10.4. The number of aliphatic carboxylic acids is 1. The number of hydrogen-bond donors (Lipinski definition) is 3. The first kappa shape index (κ1) is 57.3. The van der Waals surface area contributed by atoms with E-state index in [2.05, 4.69) is 12.9 Å². The first-order chi connectivity index (χ1) is 11.2. The van der Waals surface area contributed by atoms with Crippen molar-refractivity contribution in [2.75, 3.05) is 13.6 Å². The van der Waals surface area contributed by atoms with Gasteiger partial charge >= 0.3 is 183 Å². The molecular weight excluding hydrogens is 592 g/mol. The number of carbonyl (C=O) groups is 1. The molecule has 0 heterocycles. The van der Waals surface area contributed by atoms with E-state index in [9.17, 15) is 52.4 Å². The van der Waals surface area contributed by atoms with E-state index in [1.54, 1.807) is 0 Å². The molecule has 0 bridgehead atoms. The number of carboxylic acids is 1. The molecule has 0 fully saturated rings. The van der Waals surface area contributed by atoms with Crippen molar-refractivity contribution >= 4 is 43.2 Å². The van der Waals surface area contributed by atoms with E-state index >= 15 is 0 Å². The number of likely N-dealkylation sites (N-methyl/N-ethyl adjacent to an activating group) is 1. The molecule has 0 aliphatic rings. The Balaban J connectivity index is -0.0000000566. The van der Waals surface area contributed by atoms with E-state index in [0.29, 0.717) is 0 Å². The third kappa shape index (κ3) is 42.4. The summed E-state index contributed by atoms with van der Waals surface area (Å²) in [7, 11) is -23.4. The average Bonchev–Trinajstić information content (AvgIpc) is 2.18. The van der Waals surface area contributed by atoms with Crippen LogP contribution >= 0.6 is 31.3 Å². The molecule has 2 atom stereocenters. The molecule has 0 saturated heterocycles. The van der Waals surface area contributed by atoms with Gasteiger partial charge in [-0.15, -0.1) is 0 Å². The SMILES string of the molecule is CN(CC(=O)O)C(=N)N.O=P([O-])([O-])OP(=O)([O-])OP(=O)([O-])OP(=O)([O-])[O-].[Na+].[Na+].[Na+].[Na+].[Na+].[Na+]. The number of carboxylic acid groups (broad SMARTS) is 1. The van der Waals surface area contributed by atoms with Gasteiger partial charge in [-0.2, -0.15) is 0 Å². The Hall–Kier alpha value is 5.30. The number of nitrogens with two attached hydrogens (primary N) is 1. The first-order valence-electron chi connectivity index (χ1n) is 5.23. The van der Waals surface area contributed by atoms with Crippen LogP contribution in [0.3, 0.4) is 0 Å². The van der Waals surface area contributed by atoms with E-state index in [0.717, 1.165) is 4.90 Å². The number of guanidine groups is 1. The van der Waals surface area contributed by atoms with Crippen LogP contribution < -0.4 is 212 Å². The maximum atomic E-state index is 10.4. The van der Waals surface area contributed by atoms with Gasteiger partial charge in [-0.25, -0.2) is 4.31 Å². The molecule has 156 valence electrons. The Morgan fingerprint density at radius 1 is 0.812 bits per heavy atom. The summed E-state index contributed by atoms with van der Waals surface area (Å²) in [6, 6.07) is 0. The number of rotatable bonds is 8. The Morgan fingerprint density at radius 2 is 1.06 bits per heavy atom. The second-order valence-corrected chi connectivity index (χ2v) is 9.21. The summed E-state index contributed by atoms with van der Waals surface area (Å²) in [6.45, 7) is -0.227. The molecule has 0 saturated carbocycles. The van der Waals surface area contributed by atoms with Crippen molar-refractivity contribution in [3.8, 4) is 0 Å². The second-order valence-electron chi connectivity index (χ2n) is 3.67. The van der Waals surface area contributed by atoms with Crippen molar-refractivity contribution in [3.63, 3.8) is 0 Å². The van der Waals surface area contributed by atoms with Crippen LogP contribution in [-0.4, -0.2) is 35.5 Å². The van der Waals surface area contributed by atoms with Gasteiger partial charge in [-0.05, 0) is 0 Å². The summed E-state index contributed by atoms with van der Waals surface area (Å²) < 4.78 is 48.5. The van der Waals surface area contributed by atoms with Gasteiger partial charge in [0.05, 0.1) is 15.6 Å². The van der Waals surface area contributed by atoms with Crippen molar-refractivity contribution in [2.24, 2.45) is 5.73 Å². The van der Waals surface area contributed by atoms with Crippen LogP contribution in [-0.2, 0) is 36.0 Å². The Kier molecular flexibility index (Phi) is 45.2. The first-order valence-corrected chi connectivity index (χ1v) is 11.1. The molecule has 0 aromatic carbocycles. The third-order valence-electron chi connectivity index (χ3n) is 1.38. The van der Waals surface area contributed by atoms with Crippen LogP contribution in [0.2, 0.25) is 0 Å². The van der Waals surface area contributed by atoms with Crippen molar-refractivity contribution in [1.29, 1.82) is 5.41 Å². The molecule has 0 aromatic heterocycles. The largest absolute Gasteiger partial charge is 1.00 e. The van der Waals surface area contributed by atoms with Crippen LogP contribution in [0.15, 0.2) is 0 Å². The topological polar surface area (TPSA) is 325 Å². The zero-order valence-corrected chi connectivity index (χ0v) is 33.8. The predicted octanol–water partition coefficient (Wildman–Crippen LogP) is -23.4. The molecule has 0 rings (SSSR count). The van der Waals surface area contributed by atoms with E-state index in [-0.39, 0.29) is 190 Å². The third-order valence-corrected chi connectivity index (χ3v) is 6.18. The van der Waals surface area contributed by atoms with Crippen molar-refractivity contribution in [1.82, 2.24) is 4.90 Å². The van der Waals surface area contributed by atoms with Crippen LogP contribution in [0.1, 0.15) is 0 Å². The monoisotopic (exact) mass is 601 g/mol. The summed E-state index contributed by atoms with van der Waals surface area (Å²) in [5, 5.41) is 14.9. The summed E-state index contributed by atoms with van der Waals surface area (Å²) in [5.41, 5.74) is 4.93. The molecule has 18 nitrogen and oxygen atoms in total. The molecule has 0 amide bonds. The van der Waals surface area contributed by atoms with E-state index in [1.165, 1.54) is 7.05 Å². The van der Waals surface area contributed by atoms with Gasteiger partial charge in [0.15, 0.2) is 5.96 Å². The fraction of sp³-hybridized carbons (Fsp3) is 0.500. The van der Waals surface area contributed by atoms with Crippen LogP contribution in [0, 0.1) is 5.41 Å². The minimum Gasteiger partial charge on any atom is -0.790 e. The number of phosphoric acid groups is 4. The second kappa shape index (κ2) is 25.3. The van der Waals surface area contributed by atoms with Gasteiger partial charge in [0.25, 0.3) is 15.6 Å². The minimum atomic E-state index is -6.26. The number of nitrogens with one attached hydrogen (secondary N) is 1. The molecule has 0 spiro atoms. The van der Waals surface area contributed by atoms with E-state index < -0.39 is 37.3 Å². The van der Waals surface area contributed by atoms with Gasteiger partial charge < -0.3 is 54.2 Å². The molecule has 0 aliphatic heterocycles. The molecule has 4 N–H and O–H groups in total. The van der Waals surface area contributed by atoms with Crippen molar-refractivity contribution in [3.05, 3.63) is 0 Å². The fourth-order valence-corrected chi connectivity index (χ4v) is 4.40. The van der Waals surface area contributed by atoms with Crippen LogP contribution in [0.4, 0.5) is 0 Å². The normalized spacial score (nSPS) is 13.3.